The fourth-order valence-electron chi connectivity index (χ4n) is 1.50. The van der Waals surface area contributed by atoms with E-state index in [1.807, 2.05) is 31.2 Å². The summed E-state index contributed by atoms with van der Waals surface area (Å²) in [6.07, 6.45) is 2.35. The first-order chi connectivity index (χ1) is 9.20. The molecule has 1 aromatic heterocycles. The Morgan fingerprint density at radius 2 is 2.21 bits per heavy atom. The molecule has 100 valence electrons. The molecule has 19 heavy (non-hydrogen) atoms. The lowest BCUT2D eigenvalue weighted by Gasteiger charge is -2.11. The van der Waals surface area contributed by atoms with Gasteiger partial charge >= 0.3 is 0 Å². The molecule has 5 nitrogen and oxygen atoms in total. The van der Waals surface area contributed by atoms with Gasteiger partial charge in [-0.3, -0.25) is 0 Å². The Bertz CT molecular complexity index is 562. The van der Waals surface area contributed by atoms with Crippen molar-refractivity contribution in [3.63, 3.8) is 0 Å². The first kappa shape index (κ1) is 13.9. The zero-order valence-electron chi connectivity index (χ0n) is 10.6. The number of aromatic nitrogens is 2. The highest BCUT2D eigenvalue weighted by Crippen LogP contribution is 2.27. The molecule has 0 unspecified atom stereocenters. The summed E-state index contributed by atoms with van der Waals surface area (Å²) in [7, 11) is 0. The van der Waals surface area contributed by atoms with Gasteiger partial charge in [0.2, 0.25) is 5.88 Å². The lowest BCUT2D eigenvalue weighted by Crippen LogP contribution is -2.05. The van der Waals surface area contributed by atoms with E-state index >= 15 is 0 Å². The third kappa shape index (κ3) is 3.69. The molecule has 0 fully saturated rings. The Hall–Kier alpha value is -1.57. The van der Waals surface area contributed by atoms with E-state index in [0.717, 1.165) is 15.7 Å². The van der Waals surface area contributed by atoms with Gasteiger partial charge in [-0.05, 0) is 47.2 Å². The van der Waals surface area contributed by atoms with E-state index in [1.165, 1.54) is 6.33 Å². The minimum atomic E-state index is 0.421. The molecule has 0 spiro atoms. The molecular formula is C13H15IN4O. The molecule has 2 aromatic rings. The van der Waals surface area contributed by atoms with Crippen molar-refractivity contribution < 1.29 is 4.74 Å². The second-order valence-corrected chi connectivity index (χ2v) is 5.17. The van der Waals surface area contributed by atoms with Crippen LogP contribution in [-0.4, -0.2) is 16.6 Å². The lowest BCUT2D eigenvalue weighted by molar-refractivity contribution is 0.307. The van der Waals surface area contributed by atoms with Crippen LogP contribution in [0.2, 0.25) is 0 Å². The fourth-order valence-corrected chi connectivity index (χ4v) is 2.04. The monoisotopic (exact) mass is 370 g/mol. The smallest absolute Gasteiger partial charge is 0.242 e. The summed E-state index contributed by atoms with van der Waals surface area (Å²) in [6, 6.07) is 7.95. The second kappa shape index (κ2) is 6.55. The number of anilines is 3. The number of hydrogen-bond acceptors (Lipinski definition) is 5. The highest BCUT2D eigenvalue weighted by Gasteiger charge is 2.09. The third-order valence-electron chi connectivity index (χ3n) is 2.38. The van der Waals surface area contributed by atoms with Crippen molar-refractivity contribution in [1.29, 1.82) is 0 Å². The summed E-state index contributed by atoms with van der Waals surface area (Å²) in [5, 5.41) is 3.17. The number of nitrogen functional groups attached to an aromatic ring is 1. The maximum atomic E-state index is 6.00. The zero-order valence-corrected chi connectivity index (χ0v) is 12.7. The van der Waals surface area contributed by atoms with E-state index in [-0.39, 0.29) is 0 Å². The number of ether oxygens (including phenoxy) is 1. The van der Waals surface area contributed by atoms with Crippen LogP contribution in [0.25, 0.3) is 0 Å². The van der Waals surface area contributed by atoms with Crippen LogP contribution < -0.4 is 15.8 Å². The van der Waals surface area contributed by atoms with Crippen molar-refractivity contribution in [2.24, 2.45) is 0 Å². The average molecular weight is 370 g/mol. The van der Waals surface area contributed by atoms with Crippen molar-refractivity contribution >= 4 is 39.8 Å². The zero-order chi connectivity index (χ0) is 13.7. The molecule has 6 heteroatoms. The quantitative estimate of drug-likeness (QED) is 0.791. The third-order valence-corrected chi connectivity index (χ3v) is 3.05. The van der Waals surface area contributed by atoms with Gasteiger partial charge in [0.15, 0.2) is 5.82 Å². The standard InChI is InChI=1S/C13H15IN4O/c1-2-6-19-13-11(15)12(16-8-17-13)18-10-5-3-4-9(14)7-10/h3-5,7-8H,2,6,15H2,1H3,(H,16,17,18). The van der Waals surface area contributed by atoms with Crippen molar-refractivity contribution in [1.82, 2.24) is 9.97 Å². The van der Waals surface area contributed by atoms with Crippen LogP contribution in [0.5, 0.6) is 5.88 Å². The molecule has 0 saturated carbocycles. The number of halogens is 1. The van der Waals surface area contributed by atoms with Gasteiger partial charge < -0.3 is 15.8 Å². The van der Waals surface area contributed by atoms with Gasteiger partial charge in [0.1, 0.15) is 12.0 Å². The molecular weight excluding hydrogens is 355 g/mol. The van der Waals surface area contributed by atoms with Gasteiger partial charge in [-0.25, -0.2) is 4.98 Å². The normalized spacial score (nSPS) is 10.2. The largest absolute Gasteiger partial charge is 0.476 e. The summed E-state index contributed by atoms with van der Waals surface area (Å²) in [6.45, 7) is 2.62. The van der Waals surface area contributed by atoms with Crippen LogP contribution >= 0.6 is 22.6 Å². The van der Waals surface area contributed by atoms with Crippen LogP contribution in [0.3, 0.4) is 0 Å². The van der Waals surface area contributed by atoms with E-state index in [1.54, 1.807) is 0 Å². The van der Waals surface area contributed by atoms with Gasteiger partial charge in [0.05, 0.1) is 6.61 Å². The highest BCUT2D eigenvalue weighted by atomic mass is 127. The molecule has 1 aromatic carbocycles. The van der Waals surface area contributed by atoms with E-state index in [9.17, 15) is 0 Å². The Kier molecular flexibility index (Phi) is 4.78. The fraction of sp³-hybridized carbons (Fsp3) is 0.231. The molecule has 0 bridgehead atoms. The second-order valence-electron chi connectivity index (χ2n) is 3.92. The number of nitrogens with two attached hydrogens (primary N) is 1. The Morgan fingerprint density at radius 3 is 2.95 bits per heavy atom. The SMILES string of the molecule is CCCOc1ncnc(Nc2cccc(I)c2)c1N. The van der Waals surface area contributed by atoms with Crippen LogP contribution in [0.4, 0.5) is 17.2 Å². The average Bonchev–Trinajstić information content (AvgIpc) is 2.40. The summed E-state index contributed by atoms with van der Waals surface area (Å²) < 4.78 is 6.61. The van der Waals surface area contributed by atoms with E-state index in [2.05, 4.69) is 37.9 Å². The van der Waals surface area contributed by atoms with Crippen LogP contribution in [0, 0.1) is 3.57 Å². The van der Waals surface area contributed by atoms with E-state index < -0.39 is 0 Å². The predicted octanol–water partition coefficient (Wildman–Crippen LogP) is 3.20. The van der Waals surface area contributed by atoms with Crippen molar-refractivity contribution in [3.8, 4) is 5.88 Å². The topological polar surface area (TPSA) is 73.1 Å². The van der Waals surface area contributed by atoms with E-state index in [0.29, 0.717) is 24.0 Å². The number of nitrogens with one attached hydrogen (secondary N) is 1. The van der Waals surface area contributed by atoms with Gasteiger partial charge in [-0.2, -0.15) is 4.98 Å². The molecule has 0 aliphatic rings. The summed E-state index contributed by atoms with van der Waals surface area (Å²) in [5.74, 6) is 0.980. The van der Waals surface area contributed by atoms with Crippen molar-refractivity contribution in [2.45, 2.75) is 13.3 Å². The minimum absolute atomic E-state index is 0.421. The number of nitrogens with zero attached hydrogens (tertiary/aromatic N) is 2. The molecule has 0 aliphatic carbocycles. The van der Waals surface area contributed by atoms with Crippen molar-refractivity contribution in [3.05, 3.63) is 34.2 Å². The number of hydrogen-bond donors (Lipinski definition) is 2. The summed E-state index contributed by atoms with van der Waals surface area (Å²) in [5.41, 5.74) is 7.35. The van der Waals surface area contributed by atoms with Gasteiger partial charge in [0, 0.05) is 9.26 Å². The summed E-state index contributed by atoms with van der Waals surface area (Å²) in [4.78, 5) is 8.18. The Labute approximate surface area is 125 Å². The maximum Gasteiger partial charge on any atom is 0.242 e. The molecule has 3 N–H and O–H groups in total. The number of rotatable bonds is 5. The molecule has 0 radical (unpaired) electrons. The van der Waals surface area contributed by atoms with Gasteiger partial charge in [0.25, 0.3) is 0 Å². The van der Waals surface area contributed by atoms with Crippen LogP contribution in [-0.2, 0) is 0 Å². The molecule has 1 heterocycles. The van der Waals surface area contributed by atoms with Gasteiger partial charge in [-0.15, -0.1) is 0 Å². The Morgan fingerprint density at radius 1 is 1.37 bits per heavy atom. The number of benzene rings is 1. The van der Waals surface area contributed by atoms with Crippen LogP contribution in [0.15, 0.2) is 30.6 Å². The Balaban J connectivity index is 2.20. The summed E-state index contributed by atoms with van der Waals surface area (Å²) >= 11 is 2.25. The van der Waals surface area contributed by atoms with Gasteiger partial charge in [-0.1, -0.05) is 13.0 Å². The van der Waals surface area contributed by atoms with E-state index in [4.69, 9.17) is 10.5 Å². The predicted molar refractivity (Wildman–Crippen MR) is 84.7 cm³/mol. The maximum absolute atomic E-state index is 6.00. The lowest BCUT2D eigenvalue weighted by atomic mass is 10.3. The first-order valence-corrected chi connectivity index (χ1v) is 7.04. The van der Waals surface area contributed by atoms with Crippen LogP contribution in [0.1, 0.15) is 13.3 Å². The minimum Gasteiger partial charge on any atom is -0.476 e. The van der Waals surface area contributed by atoms with Crippen molar-refractivity contribution in [2.75, 3.05) is 17.7 Å². The molecule has 0 aliphatic heterocycles. The molecule has 0 saturated heterocycles. The molecule has 2 rings (SSSR count). The molecule has 0 amide bonds. The molecule has 0 atom stereocenters. The first-order valence-electron chi connectivity index (χ1n) is 5.96. The highest BCUT2D eigenvalue weighted by molar-refractivity contribution is 14.1.